The number of fused-ring (bicyclic) bond motifs is 6. The quantitative estimate of drug-likeness (QED) is 0.159. The molecule has 0 aliphatic carbocycles. The summed E-state index contributed by atoms with van der Waals surface area (Å²) in [5.41, 5.74) is 14.9. The van der Waals surface area contributed by atoms with Crippen molar-refractivity contribution in [2.75, 3.05) is 4.90 Å². The van der Waals surface area contributed by atoms with Gasteiger partial charge in [0.05, 0.1) is 22.1 Å². The van der Waals surface area contributed by atoms with Gasteiger partial charge < -0.3 is 14.0 Å². The maximum Gasteiger partial charge on any atom is 0.0541 e. The topological polar surface area (TPSA) is 13.1 Å². The Morgan fingerprint density at radius 3 is 1.39 bits per heavy atom. The van der Waals surface area contributed by atoms with Gasteiger partial charge in [0.25, 0.3) is 0 Å². The minimum Gasteiger partial charge on any atom is -0.310 e. The number of hydrogen-bond donors (Lipinski definition) is 0. The van der Waals surface area contributed by atoms with E-state index >= 15 is 0 Å². The molecule has 0 bridgehead atoms. The predicted octanol–water partition coefficient (Wildman–Crippen LogP) is 14.7. The van der Waals surface area contributed by atoms with Crippen LogP contribution in [-0.2, 0) is 0 Å². The molecule has 0 atom stereocenters. The van der Waals surface area contributed by atoms with E-state index in [0.29, 0.717) is 0 Å². The summed E-state index contributed by atoms with van der Waals surface area (Å²) in [4.78, 5) is 2.40. The Morgan fingerprint density at radius 2 is 0.719 bits per heavy atom. The van der Waals surface area contributed by atoms with Crippen molar-refractivity contribution in [3.63, 3.8) is 0 Å². The number of anilines is 3. The van der Waals surface area contributed by atoms with Crippen LogP contribution in [0.25, 0.3) is 77.2 Å². The molecule has 3 nitrogen and oxygen atoms in total. The number of nitrogens with zero attached hydrogens (tertiary/aromatic N) is 3. The number of para-hydroxylation sites is 5. The molecule has 9 aromatic carbocycles. The molecule has 0 radical (unpaired) electrons. The average Bonchev–Trinajstić information content (AvgIpc) is 3.80. The smallest absolute Gasteiger partial charge is 0.0541 e. The first-order valence-corrected chi connectivity index (χ1v) is 19.5. The molecule has 0 saturated heterocycles. The van der Waals surface area contributed by atoms with Gasteiger partial charge >= 0.3 is 0 Å². The second-order valence-corrected chi connectivity index (χ2v) is 14.6. The molecule has 2 aromatic heterocycles. The molecule has 3 heteroatoms. The lowest BCUT2D eigenvalue weighted by Gasteiger charge is -2.27. The van der Waals surface area contributed by atoms with Gasteiger partial charge in [0.1, 0.15) is 0 Å². The number of rotatable bonds is 7. The lowest BCUT2D eigenvalue weighted by molar-refractivity contribution is 1.17. The van der Waals surface area contributed by atoms with Crippen LogP contribution in [0.4, 0.5) is 17.1 Å². The highest BCUT2D eigenvalue weighted by Gasteiger charge is 2.20. The van der Waals surface area contributed by atoms with Crippen molar-refractivity contribution in [3.8, 4) is 33.6 Å². The van der Waals surface area contributed by atoms with Gasteiger partial charge in [-0.3, -0.25) is 0 Å². The normalized spacial score (nSPS) is 11.5. The molecule has 11 aromatic rings. The molecule has 0 fully saturated rings. The molecule has 0 N–H and O–H groups in total. The predicted molar refractivity (Wildman–Crippen MR) is 241 cm³/mol. The number of aromatic nitrogens is 2. The molecule has 0 unspecified atom stereocenters. The third-order valence-electron chi connectivity index (χ3n) is 11.2. The van der Waals surface area contributed by atoms with E-state index < -0.39 is 0 Å². The zero-order valence-corrected chi connectivity index (χ0v) is 31.2. The first kappa shape index (κ1) is 32.8. The zero-order chi connectivity index (χ0) is 37.7. The lowest BCUT2D eigenvalue weighted by atomic mass is 10.00. The second kappa shape index (κ2) is 13.6. The highest BCUT2D eigenvalue weighted by molar-refractivity contribution is 6.11. The van der Waals surface area contributed by atoms with Gasteiger partial charge in [0.2, 0.25) is 0 Å². The molecule has 268 valence electrons. The second-order valence-electron chi connectivity index (χ2n) is 14.6. The van der Waals surface area contributed by atoms with Gasteiger partial charge in [0, 0.05) is 50.0 Å². The Balaban J connectivity index is 1.19. The first-order valence-electron chi connectivity index (χ1n) is 19.5. The zero-order valence-electron chi connectivity index (χ0n) is 31.2. The number of benzene rings is 9. The van der Waals surface area contributed by atoms with Crippen LogP contribution in [0.3, 0.4) is 0 Å². The van der Waals surface area contributed by atoms with Crippen LogP contribution in [0.5, 0.6) is 0 Å². The van der Waals surface area contributed by atoms with E-state index in [0.717, 1.165) is 39.6 Å². The van der Waals surface area contributed by atoms with Crippen LogP contribution < -0.4 is 4.90 Å². The SMILES string of the molecule is c1ccc(-c2cccc(N(c3ccccc3)c3cc(-c4ccc5c(c4)c4ccccc4n5-c4ccccc4)cc(-n4c5ccccc5c5ccccc54)c3)c2)cc1. The fourth-order valence-corrected chi connectivity index (χ4v) is 8.71. The summed E-state index contributed by atoms with van der Waals surface area (Å²) >= 11 is 0. The molecule has 57 heavy (non-hydrogen) atoms. The van der Waals surface area contributed by atoms with Crippen molar-refractivity contribution in [2.45, 2.75) is 0 Å². The molecule has 0 amide bonds. The Bertz CT molecular complexity index is 3180. The van der Waals surface area contributed by atoms with Gasteiger partial charge in [0.15, 0.2) is 0 Å². The third kappa shape index (κ3) is 5.60. The van der Waals surface area contributed by atoms with Crippen LogP contribution >= 0.6 is 0 Å². The van der Waals surface area contributed by atoms with E-state index in [1.165, 1.54) is 54.7 Å². The molecule has 0 saturated carbocycles. The average molecular weight is 728 g/mol. The minimum atomic E-state index is 1.08. The molecule has 2 heterocycles. The molecule has 11 rings (SSSR count). The Hall–Kier alpha value is -7.62. The fourth-order valence-electron chi connectivity index (χ4n) is 8.71. The van der Waals surface area contributed by atoms with Crippen LogP contribution in [0.2, 0.25) is 0 Å². The van der Waals surface area contributed by atoms with Crippen LogP contribution in [-0.4, -0.2) is 9.13 Å². The van der Waals surface area contributed by atoms with Crippen LogP contribution in [0, 0.1) is 0 Å². The Kier molecular flexibility index (Phi) is 7.82. The van der Waals surface area contributed by atoms with E-state index in [4.69, 9.17) is 0 Å². The summed E-state index contributed by atoms with van der Waals surface area (Å²) in [5.74, 6) is 0. The van der Waals surface area contributed by atoms with Crippen molar-refractivity contribution in [2.24, 2.45) is 0 Å². The standard InChI is InChI=1S/C54H37N3/c1-4-17-38(18-5-1)39-19-16-24-44(33-39)55(42-20-6-2-7-21-42)45-34-41(35-46(37-45)57-51-28-13-10-25-47(51)48-26-11-14-29-52(48)57)40-31-32-54-50(36-40)49-27-12-15-30-53(49)56(54)43-22-8-3-9-23-43/h1-37H. The van der Waals surface area contributed by atoms with Crippen LogP contribution in [0.15, 0.2) is 224 Å². The summed E-state index contributed by atoms with van der Waals surface area (Å²) in [5, 5.41) is 4.95. The van der Waals surface area contributed by atoms with Gasteiger partial charge in [-0.05, 0) is 107 Å². The summed E-state index contributed by atoms with van der Waals surface area (Å²) in [7, 11) is 0. The Labute approximate surface area is 331 Å². The number of hydrogen-bond acceptors (Lipinski definition) is 1. The van der Waals surface area contributed by atoms with Crippen molar-refractivity contribution < 1.29 is 0 Å². The van der Waals surface area contributed by atoms with Gasteiger partial charge in [-0.25, -0.2) is 0 Å². The molecule has 0 aliphatic heterocycles. The van der Waals surface area contributed by atoms with E-state index in [2.05, 4.69) is 238 Å². The highest BCUT2D eigenvalue weighted by Crippen LogP contribution is 2.42. The summed E-state index contributed by atoms with van der Waals surface area (Å²) < 4.78 is 4.81. The maximum atomic E-state index is 2.43. The van der Waals surface area contributed by atoms with Crippen LogP contribution in [0.1, 0.15) is 0 Å². The van der Waals surface area contributed by atoms with Gasteiger partial charge in [-0.1, -0.05) is 140 Å². The van der Waals surface area contributed by atoms with E-state index in [-0.39, 0.29) is 0 Å². The van der Waals surface area contributed by atoms with E-state index in [9.17, 15) is 0 Å². The molecular formula is C54H37N3. The monoisotopic (exact) mass is 727 g/mol. The van der Waals surface area contributed by atoms with E-state index in [1.807, 2.05) is 0 Å². The van der Waals surface area contributed by atoms with Crippen molar-refractivity contribution >= 4 is 60.7 Å². The maximum absolute atomic E-state index is 2.43. The Morgan fingerprint density at radius 1 is 0.246 bits per heavy atom. The molecular weight excluding hydrogens is 691 g/mol. The summed E-state index contributed by atoms with van der Waals surface area (Å²) in [6.45, 7) is 0. The highest BCUT2D eigenvalue weighted by atomic mass is 15.1. The van der Waals surface area contributed by atoms with Gasteiger partial charge in [-0.15, -0.1) is 0 Å². The summed E-state index contributed by atoms with van der Waals surface area (Å²) in [6.07, 6.45) is 0. The lowest BCUT2D eigenvalue weighted by Crippen LogP contribution is -2.11. The third-order valence-corrected chi connectivity index (χ3v) is 11.2. The van der Waals surface area contributed by atoms with E-state index in [1.54, 1.807) is 0 Å². The van der Waals surface area contributed by atoms with Crippen molar-refractivity contribution in [3.05, 3.63) is 224 Å². The molecule has 0 aliphatic rings. The fraction of sp³-hybridized carbons (Fsp3) is 0. The van der Waals surface area contributed by atoms with Crippen molar-refractivity contribution in [1.29, 1.82) is 0 Å². The summed E-state index contributed by atoms with van der Waals surface area (Å²) in [6, 6.07) is 81.2. The minimum absolute atomic E-state index is 1.08. The molecule has 0 spiro atoms. The first-order chi connectivity index (χ1) is 28.3. The van der Waals surface area contributed by atoms with Gasteiger partial charge in [-0.2, -0.15) is 0 Å². The van der Waals surface area contributed by atoms with Crippen molar-refractivity contribution in [1.82, 2.24) is 9.13 Å². The largest absolute Gasteiger partial charge is 0.310 e.